The van der Waals surface area contributed by atoms with Gasteiger partial charge in [-0.3, -0.25) is 14.7 Å². The highest BCUT2D eigenvalue weighted by atomic mass is 35.5. The summed E-state index contributed by atoms with van der Waals surface area (Å²) >= 11 is 6.12. The number of carbonyl (C=O) groups excluding carboxylic acids is 1. The van der Waals surface area contributed by atoms with Gasteiger partial charge in [-0.2, -0.15) is 0 Å². The molecule has 0 spiro atoms. The third-order valence-electron chi connectivity index (χ3n) is 6.55. The second kappa shape index (κ2) is 9.00. The van der Waals surface area contributed by atoms with Crippen LogP contribution in [0.15, 0.2) is 66.9 Å². The Hall–Kier alpha value is -3.15. The van der Waals surface area contributed by atoms with Crippen molar-refractivity contribution >= 4 is 44.9 Å². The average Bonchev–Trinajstić information content (AvgIpc) is 2.81. The quantitative estimate of drug-likeness (QED) is 0.444. The monoisotopic (exact) mass is 458 g/mol. The molecule has 0 bridgehead atoms. The summed E-state index contributed by atoms with van der Waals surface area (Å²) in [5.74, 6) is 0.192. The molecule has 2 N–H and O–H groups in total. The van der Waals surface area contributed by atoms with Gasteiger partial charge in [0.2, 0.25) is 5.91 Å². The molecular weight excluding hydrogens is 432 g/mol. The normalized spacial score (nSPS) is 17.2. The first-order chi connectivity index (χ1) is 16.0. The number of halogens is 1. The fourth-order valence-corrected chi connectivity index (χ4v) is 4.98. The van der Waals surface area contributed by atoms with E-state index in [0.29, 0.717) is 13.1 Å². The number of rotatable bonds is 5. The Bertz CT molecular complexity index is 1340. The summed E-state index contributed by atoms with van der Waals surface area (Å²) in [5, 5.41) is 3.99. The molecule has 3 aromatic carbocycles. The summed E-state index contributed by atoms with van der Waals surface area (Å²) in [6.07, 6.45) is 2.51. The molecule has 1 atom stereocenters. The van der Waals surface area contributed by atoms with Gasteiger partial charge < -0.3 is 10.6 Å². The van der Waals surface area contributed by atoms with E-state index in [0.717, 1.165) is 52.1 Å². The lowest BCUT2D eigenvalue weighted by atomic mass is 10.0. The lowest BCUT2D eigenvalue weighted by Gasteiger charge is -2.40. The Labute approximate surface area is 198 Å². The fraction of sp³-hybridized carbons (Fsp3) is 0.259. The number of nitrogen functional groups attached to an aromatic ring is 1. The van der Waals surface area contributed by atoms with Gasteiger partial charge >= 0.3 is 0 Å². The summed E-state index contributed by atoms with van der Waals surface area (Å²) < 4.78 is 0. The number of pyridine rings is 1. The van der Waals surface area contributed by atoms with Gasteiger partial charge in [0.15, 0.2) is 0 Å². The molecule has 1 aliphatic rings. The van der Waals surface area contributed by atoms with E-state index in [1.807, 2.05) is 41.3 Å². The summed E-state index contributed by atoms with van der Waals surface area (Å²) in [4.78, 5) is 22.1. The van der Waals surface area contributed by atoms with Crippen LogP contribution >= 0.6 is 11.6 Å². The lowest BCUT2D eigenvalue weighted by Crippen LogP contribution is -2.55. The van der Waals surface area contributed by atoms with Crippen molar-refractivity contribution in [2.75, 3.05) is 18.8 Å². The summed E-state index contributed by atoms with van der Waals surface area (Å²) in [7, 11) is 0. The van der Waals surface area contributed by atoms with Crippen LogP contribution in [0.25, 0.3) is 21.7 Å². The molecule has 2 heterocycles. The molecule has 1 fully saturated rings. The third-order valence-corrected chi connectivity index (χ3v) is 6.78. The molecule has 6 heteroatoms. The molecule has 0 unspecified atom stereocenters. The van der Waals surface area contributed by atoms with Crippen LogP contribution in [0.4, 0.5) is 5.69 Å². The number of hydrogen-bond donors (Lipinski definition) is 1. The Morgan fingerprint density at radius 2 is 1.73 bits per heavy atom. The van der Waals surface area contributed by atoms with E-state index in [9.17, 15) is 4.79 Å². The Morgan fingerprint density at radius 1 is 0.970 bits per heavy atom. The summed E-state index contributed by atoms with van der Waals surface area (Å²) in [5.41, 5.74) is 9.92. The molecule has 0 saturated carbocycles. The molecule has 4 aromatic rings. The first-order valence-electron chi connectivity index (χ1n) is 11.4. The first-order valence-corrected chi connectivity index (χ1v) is 11.7. The van der Waals surface area contributed by atoms with Crippen LogP contribution < -0.4 is 5.73 Å². The molecular formula is C27H27ClN4O. The number of benzene rings is 3. The highest BCUT2D eigenvalue weighted by Crippen LogP contribution is 2.25. The number of piperazine rings is 1. The van der Waals surface area contributed by atoms with Crippen molar-refractivity contribution in [3.8, 4) is 0 Å². The Kier molecular flexibility index (Phi) is 5.92. The van der Waals surface area contributed by atoms with Crippen LogP contribution in [0.5, 0.6) is 0 Å². The number of aromatic nitrogens is 1. The molecule has 33 heavy (non-hydrogen) atoms. The summed E-state index contributed by atoms with van der Waals surface area (Å²) in [6, 6.07) is 20.2. The van der Waals surface area contributed by atoms with Crippen LogP contribution in [0, 0.1) is 0 Å². The summed E-state index contributed by atoms with van der Waals surface area (Å²) in [6.45, 7) is 4.99. The van der Waals surface area contributed by atoms with Gasteiger partial charge in [-0.15, -0.1) is 0 Å². The fourth-order valence-electron chi connectivity index (χ4n) is 4.79. The number of carbonyl (C=O) groups is 1. The largest absolute Gasteiger partial charge is 0.398 e. The number of nitrogens with two attached hydrogens (primary N) is 1. The molecule has 5 rings (SSSR count). The SMILES string of the molecule is CC[C@H]1C(=O)N(Cc2ccc3c(N)ccnc3c2)CCN1Cc1ccc2cc(Cl)ccc2c1. The number of hydrogen-bond acceptors (Lipinski definition) is 4. The van der Waals surface area contributed by atoms with Crippen LogP contribution in [0.2, 0.25) is 5.02 Å². The van der Waals surface area contributed by atoms with Crippen LogP contribution in [0.3, 0.4) is 0 Å². The van der Waals surface area contributed by atoms with Gasteiger partial charge in [0, 0.05) is 48.5 Å². The zero-order valence-corrected chi connectivity index (χ0v) is 19.4. The molecule has 1 aliphatic heterocycles. The van der Waals surface area contributed by atoms with Crippen molar-refractivity contribution in [3.63, 3.8) is 0 Å². The van der Waals surface area contributed by atoms with Crippen molar-refractivity contribution in [1.82, 2.24) is 14.8 Å². The number of fused-ring (bicyclic) bond motifs is 2. The lowest BCUT2D eigenvalue weighted by molar-refractivity contribution is -0.143. The van der Waals surface area contributed by atoms with Crippen molar-refractivity contribution in [2.24, 2.45) is 0 Å². The minimum atomic E-state index is -0.117. The predicted octanol–water partition coefficient (Wildman–Crippen LogP) is 5.25. The minimum absolute atomic E-state index is 0.117. The maximum atomic E-state index is 13.4. The maximum absolute atomic E-state index is 13.4. The van der Waals surface area contributed by atoms with Crippen LogP contribution in [0.1, 0.15) is 24.5 Å². The van der Waals surface area contributed by atoms with E-state index in [1.165, 1.54) is 10.9 Å². The molecule has 0 radical (unpaired) electrons. The van der Waals surface area contributed by atoms with Crippen molar-refractivity contribution in [2.45, 2.75) is 32.5 Å². The van der Waals surface area contributed by atoms with E-state index in [4.69, 9.17) is 17.3 Å². The van der Waals surface area contributed by atoms with E-state index >= 15 is 0 Å². The van der Waals surface area contributed by atoms with Crippen molar-refractivity contribution in [1.29, 1.82) is 0 Å². The highest BCUT2D eigenvalue weighted by Gasteiger charge is 2.33. The van der Waals surface area contributed by atoms with E-state index in [2.05, 4.69) is 35.0 Å². The van der Waals surface area contributed by atoms with Crippen LogP contribution in [-0.4, -0.2) is 39.8 Å². The number of anilines is 1. The van der Waals surface area contributed by atoms with E-state index < -0.39 is 0 Å². The van der Waals surface area contributed by atoms with Crippen molar-refractivity contribution in [3.05, 3.63) is 83.0 Å². The molecule has 168 valence electrons. The predicted molar refractivity (Wildman–Crippen MR) is 135 cm³/mol. The minimum Gasteiger partial charge on any atom is -0.398 e. The number of amides is 1. The molecule has 5 nitrogen and oxygen atoms in total. The van der Waals surface area contributed by atoms with Gasteiger partial charge in [-0.25, -0.2) is 0 Å². The zero-order chi connectivity index (χ0) is 22.9. The number of nitrogens with zero attached hydrogens (tertiary/aromatic N) is 3. The van der Waals surface area contributed by atoms with E-state index in [1.54, 1.807) is 12.3 Å². The van der Waals surface area contributed by atoms with Gasteiger partial charge in [0.1, 0.15) is 0 Å². The maximum Gasteiger partial charge on any atom is 0.240 e. The van der Waals surface area contributed by atoms with E-state index in [-0.39, 0.29) is 11.9 Å². The zero-order valence-electron chi connectivity index (χ0n) is 18.7. The van der Waals surface area contributed by atoms with Gasteiger partial charge in [0.25, 0.3) is 0 Å². The smallest absolute Gasteiger partial charge is 0.240 e. The highest BCUT2D eigenvalue weighted by molar-refractivity contribution is 6.31. The molecule has 1 saturated heterocycles. The standard InChI is InChI=1S/C27H27ClN4O/c1-2-26-27(33)32(17-19-4-8-23-24(29)9-10-30-25(23)14-19)12-11-31(26)16-18-3-5-21-15-22(28)7-6-20(21)13-18/h3-10,13-15,26H,2,11-12,16-17H2,1H3,(H2,29,30)/t26-/m0/s1. The average molecular weight is 459 g/mol. The second-order valence-electron chi connectivity index (χ2n) is 8.73. The molecule has 0 aliphatic carbocycles. The molecule has 1 amide bonds. The first kappa shape index (κ1) is 21.7. The van der Waals surface area contributed by atoms with Crippen molar-refractivity contribution < 1.29 is 4.79 Å². The van der Waals surface area contributed by atoms with Gasteiger partial charge in [-0.1, -0.05) is 48.9 Å². The molecule has 1 aromatic heterocycles. The van der Waals surface area contributed by atoms with Gasteiger partial charge in [-0.05, 0) is 58.7 Å². The second-order valence-corrected chi connectivity index (χ2v) is 9.17. The topological polar surface area (TPSA) is 62.5 Å². The van der Waals surface area contributed by atoms with Crippen LogP contribution in [-0.2, 0) is 17.9 Å². The van der Waals surface area contributed by atoms with Gasteiger partial charge in [0.05, 0.1) is 11.6 Å². The Balaban J connectivity index is 1.31. The Morgan fingerprint density at radius 3 is 2.58 bits per heavy atom. The third kappa shape index (κ3) is 4.39.